The fraction of sp³-hybridized carbons (Fsp3) is 0.400. The predicted octanol–water partition coefficient (Wildman–Crippen LogP) is 5.55. The van der Waals surface area contributed by atoms with E-state index in [1.54, 1.807) is 23.3 Å². The van der Waals surface area contributed by atoms with Crippen molar-refractivity contribution in [2.75, 3.05) is 38.7 Å². The molecule has 2 atom stereocenters. The van der Waals surface area contributed by atoms with Crippen molar-refractivity contribution in [3.05, 3.63) is 87.6 Å². The Hall–Kier alpha value is -3.00. The zero-order valence-electron chi connectivity index (χ0n) is 21.6. The minimum atomic E-state index is -0.528. The van der Waals surface area contributed by atoms with Crippen molar-refractivity contribution in [1.82, 2.24) is 9.80 Å². The molecule has 1 fully saturated rings. The summed E-state index contributed by atoms with van der Waals surface area (Å²) in [5.74, 6) is 0.113. The molecular formula is C30H35N3O3S. The van der Waals surface area contributed by atoms with Crippen LogP contribution >= 0.6 is 11.3 Å². The van der Waals surface area contributed by atoms with E-state index in [1.165, 1.54) is 18.4 Å². The van der Waals surface area contributed by atoms with Crippen LogP contribution in [0.2, 0.25) is 0 Å². The Balaban J connectivity index is 1.39. The second-order valence-electron chi connectivity index (χ2n) is 10.2. The minimum absolute atomic E-state index is 0.0634. The van der Waals surface area contributed by atoms with Crippen LogP contribution in [0.15, 0.2) is 66.0 Å². The van der Waals surface area contributed by atoms with Crippen LogP contribution in [0.1, 0.15) is 58.1 Å². The Morgan fingerprint density at radius 1 is 1.05 bits per heavy atom. The van der Waals surface area contributed by atoms with Gasteiger partial charge in [0.05, 0.1) is 18.6 Å². The maximum atomic E-state index is 13.9. The summed E-state index contributed by atoms with van der Waals surface area (Å²) in [5, 5.41) is 5.15. The first-order valence-corrected chi connectivity index (χ1v) is 14.0. The molecule has 2 aliphatic heterocycles. The lowest BCUT2D eigenvalue weighted by molar-refractivity contribution is -0.119. The van der Waals surface area contributed by atoms with Gasteiger partial charge < -0.3 is 15.0 Å². The van der Waals surface area contributed by atoms with Crippen molar-refractivity contribution < 1.29 is 14.3 Å². The molecule has 0 bridgehead atoms. The molecule has 6 nitrogen and oxygen atoms in total. The highest BCUT2D eigenvalue weighted by Crippen LogP contribution is 2.44. The number of fused-ring (bicyclic) bond motifs is 1. The zero-order chi connectivity index (χ0) is 25.8. The van der Waals surface area contributed by atoms with E-state index in [1.807, 2.05) is 53.9 Å². The molecule has 1 N–H and O–H groups in total. The highest BCUT2D eigenvalue weighted by atomic mass is 32.1. The van der Waals surface area contributed by atoms with Crippen LogP contribution in [0.3, 0.4) is 0 Å². The van der Waals surface area contributed by atoms with Gasteiger partial charge in [-0.3, -0.25) is 14.5 Å². The molecule has 3 heterocycles. The number of nitrogens with zero attached hydrogens (tertiary/aromatic N) is 2. The molecule has 2 aliphatic rings. The third-order valence-electron chi connectivity index (χ3n) is 7.60. The van der Waals surface area contributed by atoms with Gasteiger partial charge in [0.25, 0.3) is 5.91 Å². The molecule has 1 saturated heterocycles. The Bertz CT molecular complexity index is 1200. The molecule has 5 rings (SSSR count). The number of nitrogens with one attached hydrogen (secondary N) is 1. The Morgan fingerprint density at radius 3 is 2.51 bits per heavy atom. The van der Waals surface area contributed by atoms with Gasteiger partial charge in [0.15, 0.2) is 0 Å². The van der Waals surface area contributed by atoms with Crippen LogP contribution in [0, 0.1) is 5.92 Å². The summed E-state index contributed by atoms with van der Waals surface area (Å²) >= 11 is 1.57. The molecule has 0 saturated carbocycles. The summed E-state index contributed by atoms with van der Waals surface area (Å²) in [6, 6.07) is 19.3. The van der Waals surface area contributed by atoms with Crippen molar-refractivity contribution in [2.24, 2.45) is 5.92 Å². The third kappa shape index (κ3) is 5.64. The Morgan fingerprint density at radius 2 is 1.81 bits per heavy atom. The molecular weight excluding hydrogens is 482 g/mol. The monoisotopic (exact) mass is 517 g/mol. The van der Waals surface area contributed by atoms with Crippen LogP contribution in [-0.4, -0.2) is 55.0 Å². The SMILES string of the molecule is COCCN1C(=O)c2ccccc2[C@H](C(=O)Nc2ccc(CN3CCC(C)CC3)cc2)[C@@H]1c1cccs1. The molecule has 2 aromatic carbocycles. The van der Waals surface area contributed by atoms with Crippen molar-refractivity contribution in [3.63, 3.8) is 0 Å². The number of carbonyl (C=O) groups excluding carboxylic acids is 2. The van der Waals surface area contributed by atoms with Crippen molar-refractivity contribution in [1.29, 1.82) is 0 Å². The van der Waals surface area contributed by atoms with Gasteiger partial charge in [0.2, 0.25) is 5.91 Å². The second kappa shape index (κ2) is 11.6. The molecule has 2 amide bonds. The van der Waals surface area contributed by atoms with Crippen molar-refractivity contribution in [2.45, 2.75) is 38.3 Å². The third-order valence-corrected chi connectivity index (χ3v) is 8.54. The fourth-order valence-electron chi connectivity index (χ4n) is 5.48. The average molecular weight is 518 g/mol. The molecule has 1 aromatic heterocycles. The van der Waals surface area contributed by atoms with Gasteiger partial charge in [-0.15, -0.1) is 11.3 Å². The first-order valence-electron chi connectivity index (χ1n) is 13.1. The number of thiophene rings is 1. The number of ether oxygens (including phenoxy) is 1. The van der Waals surface area contributed by atoms with Gasteiger partial charge in [-0.1, -0.05) is 43.3 Å². The van der Waals surface area contributed by atoms with Gasteiger partial charge in [0, 0.05) is 36.3 Å². The number of amides is 2. The summed E-state index contributed by atoms with van der Waals surface area (Å²) in [6.45, 7) is 6.37. The molecule has 194 valence electrons. The van der Waals surface area contributed by atoms with Crippen molar-refractivity contribution >= 4 is 28.8 Å². The topological polar surface area (TPSA) is 61.9 Å². The van der Waals surface area contributed by atoms with E-state index in [9.17, 15) is 9.59 Å². The van der Waals surface area contributed by atoms with Gasteiger partial charge in [-0.25, -0.2) is 0 Å². The number of hydrogen-bond acceptors (Lipinski definition) is 5. The van der Waals surface area contributed by atoms with Gasteiger partial charge in [-0.2, -0.15) is 0 Å². The minimum Gasteiger partial charge on any atom is -0.383 e. The molecule has 0 unspecified atom stereocenters. The Kier molecular flexibility index (Phi) is 8.03. The van der Waals surface area contributed by atoms with E-state index >= 15 is 0 Å². The van der Waals surface area contributed by atoms with Crippen LogP contribution in [0.5, 0.6) is 0 Å². The van der Waals surface area contributed by atoms with Crippen LogP contribution in [0.25, 0.3) is 0 Å². The van der Waals surface area contributed by atoms with E-state index in [2.05, 4.69) is 29.3 Å². The normalized spacial score (nSPS) is 20.6. The predicted molar refractivity (Wildman–Crippen MR) is 148 cm³/mol. The van der Waals surface area contributed by atoms with Crippen LogP contribution in [-0.2, 0) is 16.1 Å². The number of benzene rings is 2. The molecule has 0 spiro atoms. The van der Waals surface area contributed by atoms with Gasteiger partial charge in [-0.05, 0) is 72.6 Å². The lowest BCUT2D eigenvalue weighted by atomic mass is 9.81. The molecule has 0 radical (unpaired) electrons. The quantitative estimate of drug-likeness (QED) is 0.426. The van der Waals surface area contributed by atoms with E-state index in [4.69, 9.17) is 4.74 Å². The average Bonchev–Trinajstić information content (AvgIpc) is 3.45. The number of hydrogen-bond donors (Lipinski definition) is 1. The lowest BCUT2D eigenvalue weighted by Gasteiger charge is -2.41. The van der Waals surface area contributed by atoms with E-state index in [-0.39, 0.29) is 11.8 Å². The van der Waals surface area contributed by atoms with Crippen LogP contribution < -0.4 is 5.32 Å². The number of rotatable bonds is 8. The first-order chi connectivity index (χ1) is 18.0. The van der Waals surface area contributed by atoms with E-state index in [0.29, 0.717) is 18.7 Å². The summed E-state index contributed by atoms with van der Waals surface area (Å²) in [6.07, 6.45) is 2.51. The summed E-state index contributed by atoms with van der Waals surface area (Å²) in [4.78, 5) is 32.7. The summed E-state index contributed by atoms with van der Waals surface area (Å²) in [7, 11) is 1.63. The first kappa shape index (κ1) is 25.6. The largest absolute Gasteiger partial charge is 0.383 e. The number of likely N-dealkylation sites (tertiary alicyclic amines) is 1. The second-order valence-corrected chi connectivity index (χ2v) is 11.1. The maximum absolute atomic E-state index is 13.9. The molecule has 0 aliphatic carbocycles. The smallest absolute Gasteiger partial charge is 0.254 e. The summed E-state index contributed by atoms with van der Waals surface area (Å²) < 4.78 is 5.31. The molecule has 3 aromatic rings. The number of piperidine rings is 1. The number of carbonyl (C=O) groups is 2. The van der Waals surface area contributed by atoms with Gasteiger partial charge in [0.1, 0.15) is 0 Å². The standard InChI is InChI=1S/C30H35N3O3S/c1-21-13-15-32(16-14-21)20-22-9-11-23(12-10-22)31-29(34)27-24-6-3-4-7-25(24)30(35)33(17-18-36-2)28(27)26-8-5-19-37-26/h3-12,19,21,27-28H,13-18,20H2,1-2H3,(H,31,34)/t27-,28-/m0/s1. The van der Waals surface area contributed by atoms with Crippen LogP contribution in [0.4, 0.5) is 5.69 Å². The number of methoxy groups -OCH3 is 1. The Labute approximate surface area is 223 Å². The highest BCUT2D eigenvalue weighted by Gasteiger charge is 2.44. The maximum Gasteiger partial charge on any atom is 0.254 e. The van der Waals surface area contributed by atoms with E-state index in [0.717, 1.165) is 41.7 Å². The van der Waals surface area contributed by atoms with Crippen molar-refractivity contribution in [3.8, 4) is 0 Å². The molecule has 37 heavy (non-hydrogen) atoms. The lowest BCUT2D eigenvalue weighted by Crippen LogP contribution is -2.47. The molecule has 7 heteroatoms. The highest BCUT2D eigenvalue weighted by molar-refractivity contribution is 7.10. The summed E-state index contributed by atoms with van der Waals surface area (Å²) in [5.41, 5.74) is 3.37. The van der Waals surface area contributed by atoms with Gasteiger partial charge >= 0.3 is 0 Å². The van der Waals surface area contributed by atoms with E-state index < -0.39 is 12.0 Å². The fourth-order valence-corrected chi connectivity index (χ4v) is 6.35. The number of anilines is 1. The zero-order valence-corrected chi connectivity index (χ0v) is 22.4.